The van der Waals surface area contributed by atoms with Gasteiger partial charge in [0.25, 0.3) is 0 Å². The minimum absolute atomic E-state index is 0.0331. The zero-order valence-electron chi connectivity index (χ0n) is 12.7. The van der Waals surface area contributed by atoms with E-state index >= 15 is 0 Å². The molecule has 0 amide bonds. The van der Waals surface area contributed by atoms with Crippen LogP contribution in [-0.2, 0) is 23.6 Å². The van der Waals surface area contributed by atoms with Gasteiger partial charge in [0.1, 0.15) is 4.90 Å². The second kappa shape index (κ2) is 5.50. The van der Waals surface area contributed by atoms with E-state index in [4.69, 9.17) is 5.73 Å². The first-order valence-electron chi connectivity index (χ1n) is 6.54. The number of hydrogen-bond donors (Lipinski definition) is 1. The Kier molecular flexibility index (Phi) is 4.06. The van der Waals surface area contributed by atoms with E-state index in [0.717, 1.165) is 11.1 Å². The summed E-state index contributed by atoms with van der Waals surface area (Å²) in [6.07, 6.45) is 0. The van der Waals surface area contributed by atoms with Gasteiger partial charge in [-0.1, -0.05) is 29.8 Å². The number of benzene rings is 1. The molecule has 1 aromatic heterocycles. The molecular weight excluding hydrogens is 288 g/mol. The number of nitrogens with two attached hydrogens (primary N) is 1. The minimum atomic E-state index is -3.66. The van der Waals surface area contributed by atoms with E-state index in [1.54, 1.807) is 21.0 Å². The molecule has 0 saturated carbocycles. The van der Waals surface area contributed by atoms with E-state index in [1.807, 2.05) is 31.2 Å². The highest BCUT2D eigenvalue weighted by Crippen LogP contribution is 2.25. The Hall–Kier alpha value is -1.86. The third-order valence-electron chi connectivity index (χ3n) is 3.50. The second-order valence-corrected chi connectivity index (χ2v) is 7.15. The summed E-state index contributed by atoms with van der Waals surface area (Å²) in [6.45, 7) is 3.97. The lowest BCUT2D eigenvalue weighted by molar-refractivity contribution is 0.466. The van der Waals surface area contributed by atoms with Gasteiger partial charge in [0.15, 0.2) is 5.82 Å². The van der Waals surface area contributed by atoms with Gasteiger partial charge in [-0.3, -0.25) is 4.68 Å². The number of nitrogens with zero attached hydrogens (tertiary/aromatic N) is 3. The number of rotatable bonds is 4. The van der Waals surface area contributed by atoms with Crippen molar-refractivity contribution in [1.29, 1.82) is 0 Å². The Morgan fingerprint density at radius 3 is 2.29 bits per heavy atom. The largest absolute Gasteiger partial charge is 0.381 e. The molecule has 1 aromatic carbocycles. The molecule has 0 bridgehead atoms. The normalized spacial score (nSPS) is 12.0. The number of hydrogen-bond acceptors (Lipinski definition) is 4. The summed E-state index contributed by atoms with van der Waals surface area (Å²) < 4.78 is 28.1. The predicted molar refractivity (Wildman–Crippen MR) is 82.2 cm³/mol. The number of sulfonamides is 1. The summed E-state index contributed by atoms with van der Waals surface area (Å²) in [7, 11) is -0.449. The molecule has 0 aliphatic rings. The molecule has 0 fully saturated rings. The quantitative estimate of drug-likeness (QED) is 0.926. The van der Waals surface area contributed by atoms with E-state index in [1.165, 1.54) is 8.99 Å². The van der Waals surface area contributed by atoms with Crippen LogP contribution in [0.1, 0.15) is 16.8 Å². The fourth-order valence-corrected chi connectivity index (χ4v) is 3.57. The molecule has 1 heterocycles. The van der Waals surface area contributed by atoms with Gasteiger partial charge < -0.3 is 5.73 Å². The van der Waals surface area contributed by atoms with E-state index in [0.29, 0.717) is 5.69 Å². The van der Waals surface area contributed by atoms with Crippen LogP contribution in [0, 0.1) is 13.8 Å². The Bertz CT molecular complexity index is 748. The number of aromatic nitrogens is 2. The van der Waals surface area contributed by atoms with Gasteiger partial charge >= 0.3 is 0 Å². The van der Waals surface area contributed by atoms with Gasteiger partial charge in [-0.2, -0.15) is 9.40 Å². The number of anilines is 1. The first-order valence-corrected chi connectivity index (χ1v) is 7.98. The van der Waals surface area contributed by atoms with Crippen molar-refractivity contribution in [2.75, 3.05) is 12.8 Å². The van der Waals surface area contributed by atoms with Crippen LogP contribution in [0.5, 0.6) is 0 Å². The first kappa shape index (κ1) is 15.5. The van der Waals surface area contributed by atoms with Crippen molar-refractivity contribution in [2.45, 2.75) is 25.3 Å². The number of aryl methyl sites for hydroxylation is 2. The SMILES string of the molecule is Cc1ccc(CN(C)S(=O)(=O)c2c(N)nn(C)c2C)cc1. The summed E-state index contributed by atoms with van der Waals surface area (Å²) in [5.41, 5.74) is 8.33. The van der Waals surface area contributed by atoms with Crippen LogP contribution >= 0.6 is 0 Å². The molecular formula is C14H20N4O2S. The Morgan fingerprint density at radius 1 is 1.24 bits per heavy atom. The lowest BCUT2D eigenvalue weighted by Gasteiger charge is -2.17. The molecule has 0 aliphatic heterocycles. The van der Waals surface area contributed by atoms with Crippen LogP contribution in [0.3, 0.4) is 0 Å². The molecule has 0 aliphatic carbocycles. The van der Waals surface area contributed by atoms with Crippen molar-refractivity contribution in [3.8, 4) is 0 Å². The fraction of sp³-hybridized carbons (Fsp3) is 0.357. The van der Waals surface area contributed by atoms with Crippen molar-refractivity contribution in [1.82, 2.24) is 14.1 Å². The third-order valence-corrected chi connectivity index (χ3v) is 5.47. The molecule has 0 atom stereocenters. The maximum atomic E-state index is 12.7. The van der Waals surface area contributed by atoms with Crippen LogP contribution in [0.15, 0.2) is 29.2 Å². The highest BCUT2D eigenvalue weighted by molar-refractivity contribution is 7.89. The average Bonchev–Trinajstić information content (AvgIpc) is 2.66. The standard InChI is InChI=1S/C14H20N4O2S/c1-10-5-7-12(8-6-10)9-17(3)21(19,20)13-11(2)18(4)16-14(13)15/h5-8H,9H2,1-4H3,(H2,15,16). The summed E-state index contributed by atoms with van der Waals surface area (Å²) in [5, 5.41) is 3.97. The van der Waals surface area contributed by atoms with Gasteiger partial charge in [-0.15, -0.1) is 0 Å². The lowest BCUT2D eigenvalue weighted by atomic mass is 10.1. The Balaban J connectivity index is 2.32. The molecule has 0 saturated heterocycles. The summed E-state index contributed by atoms with van der Waals surface area (Å²) in [5.74, 6) is 0.0331. The van der Waals surface area contributed by atoms with Gasteiger partial charge in [-0.05, 0) is 19.4 Å². The van der Waals surface area contributed by atoms with Crippen molar-refractivity contribution in [3.05, 3.63) is 41.1 Å². The van der Waals surface area contributed by atoms with E-state index in [9.17, 15) is 8.42 Å². The first-order chi connectivity index (χ1) is 9.73. The van der Waals surface area contributed by atoms with Crippen LogP contribution < -0.4 is 5.73 Å². The van der Waals surface area contributed by atoms with Crippen molar-refractivity contribution >= 4 is 15.8 Å². The molecule has 2 rings (SSSR count). The maximum Gasteiger partial charge on any atom is 0.248 e. The second-order valence-electron chi connectivity index (χ2n) is 5.17. The molecule has 7 heteroatoms. The molecule has 2 aromatic rings. The topological polar surface area (TPSA) is 81.2 Å². The zero-order chi connectivity index (χ0) is 15.8. The van der Waals surface area contributed by atoms with Gasteiger partial charge in [0.05, 0.1) is 5.69 Å². The van der Waals surface area contributed by atoms with Crippen LogP contribution in [0.2, 0.25) is 0 Å². The van der Waals surface area contributed by atoms with Crippen molar-refractivity contribution in [3.63, 3.8) is 0 Å². The van der Waals surface area contributed by atoms with Crippen LogP contribution in [0.25, 0.3) is 0 Å². The lowest BCUT2D eigenvalue weighted by Crippen LogP contribution is -2.27. The minimum Gasteiger partial charge on any atom is -0.381 e. The smallest absolute Gasteiger partial charge is 0.248 e. The molecule has 6 nitrogen and oxygen atoms in total. The molecule has 114 valence electrons. The number of nitrogen functional groups attached to an aromatic ring is 1. The maximum absolute atomic E-state index is 12.7. The third kappa shape index (κ3) is 2.93. The molecule has 21 heavy (non-hydrogen) atoms. The highest BCUT2D eigenvalue weighted by Gasteiger charge is 2.28. The van der Waals surface area contributed by atoms with E-state index in [2.05, 4.69) is 5.10 Å². The van der Waals surface area contributed by atoms with Crippen LogP contribution in [0.4, 0.5) is 5.82 Å². The van der Waals surface area contributed by atoms with Gasteiger partial charge in [-0.25, -0.2) is 8.42 Å². The summed E-state index contributed by atoms with van der Waals surface area (Å²) in [6, 6.07) is 7.75. The van der Waals surface area contributed by atoms with Crippen molar-refractivity contribution in [2.24, 2.45) is 7.05 Å². The van der Waals surface area contributed by atoms with E-state index in [-0.39, 0.29) is 17.3 Å². The van der Waals surface area contributed by atoms with Gasteiger partial charge in [0.2, 0.25) is 10.0 Å². The summed E-state index contributed by atoms with van der Waals surface area (Å²) >= 11 is 0. The Labute approximate surface area is 125 Å². The van der Waals surface area contributed by atoms with Crippen molar-refractivity contribution < 1.29 is 8.42 Å². The molecule has 0 unspecified atom stereocenters. The summed E-state index contributed by atoms with van der Waals surface area (Å²) in [4.78, 5) is 0.0830. The van der Waals surface area contributed by atoms with Crippen LogP contribution in [-0.4, -0.2) is 29.6 Å². The highest BCUT2D eigenvalue weighted by atomic mass is 32.2. The zero-order valence-corrected chi connectivity index (χ0v) is 13.5. The average molecular weight is 308 g/mol. The van der Waals surface area contributed by atoms with Gasteiger partial charge in [0, 0.05) is 20.6 Å². The molecule has 0 spiro atoms. The Morgan fingerprint density at radius 2 is 1.81 bits per heavy atom. The molecule has 2 N–H and O–H groups in total. The van der Waals surface area contributed by atoms with E-state index < -0.39 is 10.0 Å². The molecule has 0 radical (unpaired) electrons. The predicted octanol–water partition coefficient (Wildman–Crippen LogP) is 1.44. The monoisotopic (exact) mass is 308 g/mol. The fourth-order valence-electron chi connectivity index (χ4n) is 2.12.